The fourth-order valence-corrected chi connectivity index (χ4v) is 7.70. The summed E-state index contributed by atoms with van der Waals surface area (Å²) in [4.78, 5) is 30.5. The highest BCUT2D eigenvalue weighted by molar-refractivity contribution is 6.36. The lowest BCUT2D eigenvalue weighted by Gasteiger charge is -2.38. The highest BCUT2D eigenvalue weighted by Gasteiger charge is 2.45. The van der Waals surface area contributed by atoms with Crippen LogP contribution in [0.1, 0.15) is 36.9 Å². The number of hydrogen-bond donors (Lipinski definition) is 0. The first-order chi connectivity index (χ1) is 20.8. The first kappa shape index (κ1) is 28.3. The van der Waals surface area contributed by atoms with E-state index >= 15 is 0 Å². The topological polar surface area (TPSA) is 65.0 Å². The largest absolute Gasteiger partial charge is 0.461 e. The molecule has 43 heavy (non-hydrogen) atoms. The summed E-state index contributed by atoms with van der Waals surface area (Å²) < 4.78 is 34.5. The summed E-state index contributed by atoms with van der Waals surface area (Å²) in [6.07, 6.45) is 5.26. The van der Waals surface area contributed by atoms with Crippen molar-refractivity contribution in [1.82, 2.24) is 19.8 Å². The molecule has 4 aliphatic heterocycles. The van der Waals surface area contributed by atoms with E-state index in [1.54, 1.807) is 6.07 Å². The molecule has 2 aromatic carbocycles. The van der Waals surface area contributed by atoms with E-state index in [2.05, 4.69) is 21.3 Å². The number of rotatable bonds is 6. The molecule has 0 atom stereocenters. The minimum atomic E-state index is -0.940. The van der Waals surface area contributed by atoms with E-state index in [-0.39, 0.29) is 10.6 Å². The van der Waals surface area contributed by atoms with E-state index in [0.29, 0.717) is 63.7 Å². The van der Waals surface area contributed by atoms with Crippen molar-refractivity contribution in [2.24, 2.45) is 0 Å². The minimum Gasteiger partial charge on any atom is -0.461 e. The fourth-order valence-electron chi connectivity index (χ4n) is 7.43. The van der Waals surface area contributed by atoms with Crippen LogP contribution in [0, 0.1) is 5.82 Å². The van der Waals surface area contributed by atoms with Crippen LogP contribution in [0.15, 0.2) is 42.7 Å². The second-order valence-corrected chi connectivity index (χ2v) is 12.4. The van der Waals surface area contributed by atoms with Gasteiger partial charge in [0.1, 0.15) is 18.2 Å². The van der Waals surface area contributed by atoms with Crippen LogP contribution >= 0.6 is 11.6 Å². The third-order valence-electron chi connectivity index (χ3n) is 9.66. The molecular formula is C32H35ClF2N6O2. The van der Waals surface area contributed by atoms with Gasteiger partial charge in [-0.2, -0.15) is 9.97 Å². The number of piperazine rings is 1. The van der Waals surface area contributed by atoms with E-state index in [1.165, 1.54) is 23.8 Å². The molecule has 0 spiro atoms. The Bertz CT molecular complexity index is 1580. The van der Waals surface area contributed by atoms with Gasteiger partial charge in [0.05, 0.1) is 22.8 Å². The number of anilines is 2. The molecule has 7 rings (SSSR count). The Hall–Kier alpha value is -3.50. The summed E-state index contributed by atoms with van der Waals surface area (Å²) in [6.45, 7) is 8.88. The van der Waals surface area contributed by atoms with Crippen molar-refractivity contribution in [3.63, 3.8) is 0 Å². The van der Waals surface area contributed by atoms with Gasteiger partial charge in [0.25, 0.3) is 5.91 Å². The Morgan fingerprint density at radius 2 is 1.77 bits per heavy atom. The molecule has 3 fully saturated rings. The molecule has 0 aliphatic carbocycles. The Balaban J connectivity index is 1.21. The van der Waals surface area contributed by atoms with Crippen LogP contribution in [-0.2, 0) is 17.8 Å². The third kappa shape index (κ3) is 5.08. The molecule has 0 bridgehead atoms. The van der Waals surface area contributed by atoms with Crippen molar-refractivity contribution in [2.45, 2.75) is 44.2 Å². The molecule has 226 valence electrons. The van der Waals surface area contributed by atoms with Crippen molar-refractivity contribution in [3.05, 3.63) is 64.8 Å². The van der Waals surface area contributed by atoms with Gasteiger partial charge in [0.2, 0.25) is 0 Å². The zero-order valence-electron chi connectivity index (χ0n) is 24.1. The number of carbonyl (C=O) groups excluding carboxylic acids is 1. The summed E-state index contributed by atoms with van der Waals surface area (Å²) in [5.41, 5.74) is 2.81. The van der Waals surface area contributed by atoms with E-state index in [1.807, 2.05) is 18.2 Å². The van der Waals surface area contributed by atoms with Crippen molar-refractivity contribution in [3.8, 4) is 6.01 Å². The van der Waals surface area contributed by atoms with Crippen LogP contribution in [0.2, 0.25) is 5.02 Å². The van der Waals surface area contributed by atoms with Gasteiger partial charge < -0.3 is 19.4 Å². The zero-order chi connectivity index (χ0) is 29.7. The first-order valence-corrected chi connectivity index (χ1v) is 15.5. The average Bonchev–Trinajstić information content (AvgIpc) is 3.61. The minimum absolute atomic E-state index is 0.0516. The molecule has 3 saturated heterocycles. The van der Waals surface area contributed by atoms with Gasteiger partial charge in [0.15, 0.2) is 5.83 Å². The Morgan fingerprint density at radius 3 is 2.51 bits per heavy atom. The molecule has 8 nitrogen and oxygen atoms in total. The smallest absolute Gasteiger partial charge is 0.318 e. The fraction of sp³-hybridized carbons (Fsp3) is 0.469. The van der Waals surface area contributed by atoms with E-state index in [4.69, 9.17) is 26.3 Å². The molecule has 11 heteroatoms. The van der Waals surface area contributed by atoms with Crippen molar-refractivity contribution in [1.29, 1.82) is 0 Å². The van der Waals surface area contributed by atoms with Crippen LogP contribution in [0.5, 0.6) is 6.01 Å². The van der Waals surface area contributed by atoms with Gasteiger partial charge in [-0.05, 0) is 62.7 Å². The Labute approximate surface area is 254 Å². The van der Waals surface area contributed by atoms with Gasteiger partial charge in [-0.15, -0.1) is 0 Å². The zero-order valence-corrected chi connectivity index (χ0v) is 24.9. The average molecular weight is 609 g/mol. The highest BCUT2D eigenvalue weighted by atomic mass is 35.5. The van der Waals surface area contributed by atoms with Crippen molar-refractivity contribution >= 4 is 39.8 Å². The predicted molar refractivity (Wildman–Crippen MR) is 163 cm³/mol. The quantitative estimate of drug-likeness (QED) is 0.360. The number of fused-ring (bicyclic) bond motifs is 3. The maximum Gasteiger partial charge on any atom is 0.318 e. The number of halogens is 3. The molecule has 0 radical (unpaired) electrons. The number of carbonyl (C=O) groups is 1. The number of nitrogens with zero attached hydrogens (tertiary/aromatic N) is 6. The molecular weight excluding hydrogens is 574 g/mol. The second-order valence-electron chi connectivity index (χ2n) is 12.1. The predicted octanol–water partition coefficient (Wildman–Crippen LogP) is 5.12. The molecule has 0 N–H and O–H groups in total. The Morgan fingerprint density at radius 1 is 1.00 bits per heavy atom. The van der Waals surface area contributed by atoms with Crippen LogP contribution < -0.4 is 14.5 Å². The standard InChI is InChI=1S/C32H35ClF2N6O2/c1-21(34)30(42)39-17-15-38(16-18-39)29-23-9-14-40(26-6-2-5-22-7-8-24(35)28(33)27(22)26)19-25(23)36-31(37-29)43-20-32-10-3-12-41(32)13-4-11-32/h2,5-8H,1,3-4,9-20H2. The Kier molecular flexibility index (Phi) is 7.37. The third-order valence-corrected chi connectivity index (χ3v) is 10.0. The van der Waals surface area contributed by atoms with Crippen LogP contribution in [0.4, 0.5) is 20.3 Å². The lowest BCUT2D eigenvalue weighted by atomic mass is 9.95. The summed E-state index contributed by atoms with van der Waals surface area (Å²) in [6, 6.07) is 9.37. The number of hydrogen-bond acceptors (Lipinski definition) is 7. The van der Waals surface area contributed by atoms with Crippen LogP contribution in [-0.4, -0.2) is 83.6 Å². The number of amides is 1. The van der Waals surface area contributed by atoms with E-state index < -0.39 is 17.6 Å². The lowest BCUT2D eigenvalue weighted by molar-refractivity contribution is -0.128. The molecule has 3 aromatic rings. The maximum absolute atomic E-state index is 14.5. The lowest BCUT2D eigenvalue weighted by Crippen LogP contribution is -2.49. The van der Waals surface area contributed by atoms with Crippen LogP contribution in [0.25, 0.3) is 10.8 Å². The molecule has 5 heterocycles. The first-order valence-electron chi connectivity index (χ1n) is 15.1. The SMILES string of the molecule is C=C(F)C(=O)N1CCN(c2nc(OCC34CCCN3CCC4)nc3c2CCN(c2cccc4ccc(F)c(Cl)c24)C3)CC1. The monoisotopic (exact) mass is 608 g/mol. The second kappa shape index (κ2) is 11.2. The molecule has 1 aromatic heterocycles. The van der Waals surface area contributed by atoms with Gasteiger partial charge in [-0.1, -0.05) is 36.4 Å². The molecule has 4 aliphatic rings. The number of aromatic nitrogens is 2. The summed E-state index contributed by atoms with van der Waals surface area (Å²) in [5.74, 6) is -1.24. The van der Waals surface area contributed by atoms with Gasteiger partial charge >= 0.3 is 6.01 Å². The summed E-state index contributed by atoms with van der Waals surface area (Å²) in [5, 5.41) is 1.68. The molecule has 0 unspecified atom stereocenters. The number of ether oxygens (including phenoxy) is 1. The maximum atomic E-state index is 14.5. The number of benzene rings is 2. The normalized spacial score (nSPS) is 19.9. The highest BCUT2D eigenvalue weighted by Crippen LogP contribution is 2.40. The van der Waals surface area contributed by atoms with Gasteiger partial charge in [0, 0.05) is 49.4 Å². The van der Waals surface area contributed by atoms with E-state index in [9.17, 15) is 13.6 Å². The van der Waals surface area contributed by atoms with Gasteiger partial charge in [-0.3, -0.25) is 9.69 Å². The van der Waals surface area contributed by atoms with E-state index in [0.717, 1.165) is 54.1 Å². The molecule has 0 saturated carbocycles. The molecule has 1 amide bonds. The summed E-state index contributed by atoms with van der Waals surface area (Å²) >= 11 is 6.49. The van der Waals surface area contributed by atoms with Crippen molar-refractivity contribution < 1.29 is 18.3 Å². The van der Waals surface area contributed by atoms with Gasteiger partial charge in [-0.25, -0.2) is 8.78 Å². The van der Waals surface area contributed by atoms with Crippen molar-refractivity contribution in [2.75, 3.05) is 62.2 Å². The summed E-state index contributed by atoms with van der Waals surface area (Å²) in [7, 11) is 0. The van der Waals surface area contributed by atoms with Crippen LogP contribution in [0.3, 0.4) is 0 Å².